The lowest BCUT2D eigenvalue weighted by molar-refractivity contribution is 1.27. The van der Waals surface area contributed by atoms with Gasteiger partial charge >= 0.3 is 0 Å². The molecule has 152 valence electrons. The minimum Gasteiger partial charge on any atom is -0.311 e. The molecule has 0 bridgehead atoms. The number of rotatable bonds is 5. The molecular formula is C29H21N3. The highest BCUT2D eigenvalue weighted by Crippen LogP contribution is 2.34. The van der Waals surface area contributed by atoms with Crippen LogP contribution in [-0.4, -0.2) is 0 Å². The van der Waals surface area contributed by atoms with Crippen molar-refractivity contribution < 1.29 is 0 Å². The zero-order valence-electron chi connectivity index (χ0n) is 17.7. The molecule has 3 nitrogen and oxygen atoms in total. The zero-order chi connectivity index (χ0) is 22.3. The van der Waals surface area contributed by atoms with E-state index in [2.05, 4.69) is 84.6 Å². The summed E-state index contributed by atoms with van der Waals surface area (Å²) in [6, 6.07) is 36.4. The molecule has 0 atom stereocenters. The van der Waals surface area contributed by atoms with Gasteiger partial charge in [0.2, 0.25) is 0 Å². The fraction of sp³-hybridized carbons (Fsp3) is 0.0345. The van der Waals surface area contributed by atoms with Crippen LogP contribution in [0, 0.1) is 29.6 Å². The highest BCUT2D eigenvalue weighted by atomic mass is 15.1. The molecule has 0 N–H and O–H groups in total. The number of nitrogens with zero attached hydrogens (tertiary/aromatic N) is 3. The smallest absolute Gasteiger partial charge is 0.0997 e. The van der Waals surface area contributed by atoms with Crippen molar-refractivity contribution in [3.8, 4) is 12.1 Å². The number of para-hydroxylation sites is 1. The Bertz CT molecular complexity index is 1320. The fourth-order valence-corrected chi connectivity index (χ4v) is 3.51. The van der Waals surface area contributed by atoms with Crippen molar-refractivity contribution in [3.05, 3.63) is 125 Å². The van der Waals surface area contributed by atoms with Crippen LogP contribution in [0.15, 0.2) is 97.1 Å². The Morgan fingerprint density at radius 3 is 1.91 bits per heavy atom. The van der Waals surface area contributed by atoms with Crippen molar-refractivity contribution in [1.82, 2.24) is 0 Å². The standard InChI is InChI=1S/C29H21N3/c1-22-7-15-28(16-8-22)32(27-5-3-2-4-6-27)29-17-11-23(12-18-29)9-13-25-19-24(20-30)10-14-26(25)21-31/h2-19H,1H3. The maximum absolute atomic E-state index is 9.34. The first kappa shape index (κ1) is 20.7. The maximum Gasteiger partial charge on any atom is 0.0997 e. The molecule has 0 fully saturated rings. The van der Waals surface area contributed by atoms with Crippen molar-refractivity contribution in [1.29, 1.82) is 10.5 Å². The Morgan fingerprint density at radius 2 is 1.28 bits per heavy atom. The van der Waals surface area contributed by atoms with E-state index >= 15 is 0 Å². The average molecular weight is 412 g/mol. The van der Waals surface area contributed by atoms with Gasteiger partial charge in [-0.1, -0.05) is 60.2 Å². The summed E-state index contributed by atoms with van der Waals surface area (Å²) < 4.78 is 0. The summed E-state index contributed by atoms with van der Waals surface area (Å²) in [5, 5.41) is 18.5. The van der Waals surface area contributed by atoms with E-state index in [0.29, 0.717) is 11.1 Å². The molecule has 0 aliphatic rings. The van der Waals surface area contributed by atoms with Crippen LogP contribution in [-0.2, 0) is 0 Å². The highest BCUT2D eigenvalue weighted by molar-refractivity contribution is 5.78. The Kier molecular flexibility index (Phi) is 6.12. The third-order valence-electron chi connectivity index (χ3n) is 5.21. The van der Waals surface area contributed by atoms with Gasteiger partial charge in [-0.2, -0.15) is 10.5 Å². The first-order chi connectivity index (χ1) is 15.7. The number of nitriles is 2. The minimum absolute atomic E-state index is 0.538. The number of hydrogen-bond donors (Lipinski definition) is 0. The van der Waals surface area contributed by atoms with Crippen LogP contribution in [0.5, 0.6) is 0 Å². The molecule has 0 aliphatic carbocycles. The maximum atomic E-state index is 9.34. The van der Waals surface area contributed by atoms with E-state index in [1.807, 2.05) is 30.4 Å². The summed E-state index contributed by atoms with van der Waals surface area (Å²) in [7, 11) is 0. The van der Waals surface area contributed by atoms with Crippen LogP contribution >= 0.6 is 0 Å². The van der Waals surface area contributed by atoms with Gasteiger partial charge in [0, 0.05) is 17.1 Å². The van der Waals surface area contributed by atoms with E-state index in [0.717, 1.165) is 28.2 Å². The molecule has 4 rings (SSSR count). The molecule has 3 heteroatoms. The monoisotopic (exact) mass is 411 g/mol. The van der Waals surface area contributed by atoms with Gasteiger partial charge in [0.05, 0.1) is 23.3 Å². The van der Waals surface area contributed by atoms with Gasteiger partial charge in [-0.15, -0.1) is 0 Å². The van der Waals surface area contributed by atoms with Crippen molar-refractivity contribution in [2.45, 2.75) is 6.92 Å². The predicted molar refractivity (Wildman–Crippen MR) is 131 cm³/mol. The molecule has 0 spiro atoms. The number of aryl methyl sites for hydroxylation is 1. The van der Waals surface area contributed by atoms with E-state index in [1.165, 1.54) is 5.56 Å². The summed E-state index contributed by atoms with van der Waals surface area (Å²) in [5.74, 6) is 0. The first-order valence-corrected chi connectivity index (χ1v) is 10.3. The van der Waals surface area contributed by atoms with Gasteiger partial charge in [-0.25, -0.2) is 0 Å². The Morgan fingerprint density at radius 1 is 0.656 bits per heavy atom. The predicted octanol–water partition coefficient (Wildman–Crippen LogP) is 7.38. The Labute approximate surface area is 188 Å². The van der Waals surface area contributed by atoms with Gasteiger partial charge in [0.1, 0.15) is 0 Å². The summed E-state index contributed by atoms with van der Waals surface area (Å²) in [6.45, 7) is 2.09. The third kappa shape index (κ3) is 4.59. The minimum atomic E-state index is 0.538. The molecule has 0 saturated heterocycles. The van der Waals surface area contributed by atoms with Crippen LogP contribution in [0.1, 0.15) is 27.8 Å². The van der Waals surface area contributed by atoms with Crippen LogP contribution < -0.4 is 4.90 Å². The summed E-state index contributed by atoms with van der Waals surface area (Å²) >= 11 is 0. The fourth-order valence-electron chi connectivity index (χ4n) is 3.51. The molecule has 0 saturated carbocycles. The second kappa shape index (κ2) is 9.47. The van der Waals surface area contributed by atoms with E-state index in [-0.39, 0.29) is 0 Å². The molecule has 0 unspecified atom stereocenters. The Balaban J connectivity index is 1.66. The molecule has 4 aromatic carbocycles. The van der Waals surface area contributed by atoms with Crippen molar-refractivity contribution in [2.24, 2.45) is 0 Å². The topological polar surface area (TPSA) is 50.8 Å². The number of hydrogen-bond acceptors (Lipinski definition) is 3. The first-order valence-electron chi connectivity index (χ1n) is 10.3. The van der Waals surface area contributed by atoms with E-state index in [4.69, 9.17) is 5.26 Å². The zero-order valence-corrected chi connectivity index (χ0v) is 17.7. The van der Waals surface area contributed by atoms with Gasteiger partial charge in [-0.3, -0.25) is 0 Å². The second-order valence-corrected chi connectivity index (χ2v) is 7.46. The summed E-state index contributed by atoms with van der Waals surface area (Å²) in [6.07, 6.45) is 3.84. The lowest BCUT2D eigenvalue weighted by atomic mass is 10.0. The Hall–Kier alpha value is -4.60. The molecule has 0 amide bonds. The molecule has 4 aromatic rings. The van der Waals surface area contributed by atoms with Crippen LogP contribution in [0.25, 0.3) is 12.2 Å². The number of anilines is 3. The van der Waals surface area contributed by atoms with E-state index < -0.39 is 0 Å². The quantitative estimate of drug-likeness (QED) is 0.322. The van der Waals surface area contributed by atoms with E-state index in [1.54, 1.807) is 18.2 Å². The third-order valence-corrected chi connectivity index (χ3v) is 5.21. The van der Waals surface area contributed by atoms with Crippen LogP contribution in [0.2, 0.25) is 0 Å². The van der Waals surface area contributed by atoms with Crippen molar-refractivity contribution >= 4 is 29.2 Å². The molecular weight excluding hydrogens is 390 g/mol. The highest BCUT2D eigenvalue weighted by Gasteiger charge is 2.11. The normalized spacial score (nSPS) is 10.5. The lowest BCUT2D eigenvalue weighted by Gasteiger charge is -2.25. The van der Waals surface area contributed by atoms with Gasteiger partial charge < -0.3 is 4.90 Å². The summed E-state index contributed by atoms with van der Waals surface area (Å²) in [4.78, 5) is 2.22. The largest absolute Gasteiger partial charge is 0.311 e. The van der Waals surface area contributed by atoms with Crippen LogP contribution in [0.4, 0.5) is 17.1 Å². The SMILES string of the molecule is Cc1ccc(N(c2ccccc2)c2ccc(C=Cc3cc(C#N)ccc3C#N)cc2)cc1. The van der Waals surface area contributed by atoms with Gasteiger partial charge in [-0.05, 0) is 72.6 Å². The average Bonchev–Trinajstić information content (AvgIpc) is 2.85. The lowest BCUT2D eigenvalue weighted by Crippen LogP contribution is -2.09. The van der Waals surface area contributed by atoms with Crippen LogP contribution in [0.3, 0.4) is 0 Å². The molecule has 0 heterocycles. The number of benzene rings is 4. The van der Waals surface area contributed by atoms with Crippen molar-refractivity contribution in [2.75, 3.05) is 4.90 Å². The second-order valence-electron chi connectivity index (χ2n) is 7.46. The molecule has 0 aliphatic heterocycles. The van der Waals surface area contributed by atoms with Crippen molar-refractivity contribution in [3.63, 3.8) is 0 Å². The molecule has 0 aromatic heterocycles. The van der Waals surface area contributed by atoms with Gasteiger partial charge in [0.25, 0.3) is 0 Å². The van der Waals surface area contributed by atoms with Gasteiger partial charge in [0.15, 0.2) is 0 Å². The summed E-state index contributed by atoms with van der Waals surface area (Å²) in [5.41, 5.74) is 7.30. The molecule has 0 radical (unpaired) electrons. The molecule has 32 heavy (non-hydrogen) atoms. The van der Waals surface area contributed by atoms with E-state index in [9.17, 15) is 5.26 Å².